The maximum Gasteiger partial charge on any atom is 0.0448 e. The number of hydrogen-bond donors (Lipinski definition) is 1. The monoisotopic (exact) mass is 232 g/mol. The van der Waals surface area contributed by atoms with Gasteiger partial charge in [0.25, 0.3) is 0 Å². The van der Waals surface area contributed by atoms with Crippen molar-refractivity contribution in [1.82, 2.24) is 10.3 Å². The van der Waals surface area contributed by atoms with Crippen LogP contribution in [-0.2, 0) is 6.42 Å². The summed E-state index contributed by atoms with van der Waals surface area (Å²) in [4.78, 5) is 4.52. The normalized spacial score (nSPS) is 19.0. The Labute approximate surface area is 105 Å². The molecule has 0 amide bonds. The van der Waals surface area contributed by atoms with Crippen molar-refractivity contribution in [3.63, 3.8) is 0 Å². The van der Waals surface area contributed by atoms with Gasteiger partial charge in [-0.25, -0.2) is 0 Å². The molecule has 0 saturated heterocycles. The molecule has 1 N–H and O–H groups in total. The molecule has 1 aliphatic rings. The molecule has 94 valence electrons. The van der Waals surface area contributed by atoms with E-state index in [1.165, 1.54) is 24.1 Å². The number of pyridine rings is 1. The fourth-order valence-corrected chi connectivity index (χ4v) is 2.60. The lowest BCUT2D eigenvalue weighted by molar-refractivity contribution is 0.342. The third-order valence-corrected chi connectivity index (χ3v) is 4.00. The highest BCUT2D eigenvalue weighted by Gasteiger charge is 2.33. The highest BCUT2D eigenvalue weighted by atomic mass is 14.9. The summed E-state index contributed by atoms with van der Waals surface area (Å²) in [5.41, 5.74) is 2.57. The van der Waals surface area contributed by atoms with Crippen LogP contribution in [0.1, 0.15) is 37.9 Å². The zero-order chi connectivity index (χ0) is 12.3. The van der Waals surface area contributed by atoms with Crippen LogP contribution in [0.3, 0.4) is 0 Å². The molecular formula is C15H24N2. The van der Waals surface area contributed by atoms with Gasteiger partial charge in [-0.05, 0) is 49.8 Å². The Kier molecular flexibility index (Phi) is 4.16. The Morgan fingerprint density at radius 3 is 2.82 bits per heavy atom. The van der Waals surface area contributed by atoms with E-state index in [0.29, 0.717) is 6.04 Å². The van der Waals surface area contributed by atoms with Crippen LogP contribution in [0.4, 0.5) is 0 Å². The Bertz CT molecular complexity index is 358. The largest absolute Gasteiger partial charge is 0.314 e. The van der Waals surface area contributed by atoms with Gasteiger partial charge in [0.15, 0.2) is 0 Å². The van der Waals surface area contributed by atoms with E-state index in [1.54, 1.807) is 0 Å². The Morgan fingerprint density at radius 1 is 1.47 bits per heavy atom. The molecule has 17 heavy (non-hydrogen) atoms. The van der Waals surface area contributed by atoms with Crippen molar-refractivity contribution in [3.05, 3.63) is 29.6 Å². The number of rotatable bonds is 6. The van der Waals surface area contributed by atoms with E-state index in [4.69, 9.17) is 0 Å². The maximum atomic E-state index is 4.52. The third kappa shape index (κ3) is 3.29. The van der Waals surface area contributed by atoms with Gasteiger partial charge >= 0.3 is 0 Å². The van der Waals surface area contributed by atoms with Crippen LogP contribution >= 0.6 is 0 Å². The SMILES string of the molecule is CCNC(Cc1ncccc1C)C(C)C1CC1. The van der Waals surface area contributed by atoms with Crippen LogP contribution in [0.2, 0.25) is 0 Å². The highest BCUT2D eigenvalue weighted by Crippen LogP contribution is 2.38. The molecular weight excluding hydrogens is 208 g/mol. The van der Waals surface area contributed by atoms with Crippen LogP contribution < -0.4 is 5.32 Å². The molecule has 1 saturated carbocycles. The van der Waals surface area contributed by atoms with Crippen molar-refractivity contribution in [1.29, 1.82) is 0 Å². The van der Waals surface area contributed by atoms with Crippen molar-refractivity contribution in [2.75, 3.05) is 6.54 Å². The average Bonchev–Trinajstić information content (AvgIpc) is 3.14. The summed E-state index contributed by atoms with van der Waals surface area (Å²) in [6.45, 7) is 7.79. The molecule has 2 heteroatoms. The van der Waals surface area contributed by atoms with Crippen LogP contribution in [0.5, 0.6) is 0 Å². The van der Waals surface area contributed by atoms with Crippen LogP contribution in [0, 0.1) is 18.8 Å². The number of aromatic nitrogens is 1. The first-order valence-corrected chi connectivity index (χ1v) is 6.86. The summed E-state index contributed by atoms with van der Waals surface area (Å²) in [5.74, 6) is 1.72. The van der Waals surface area contributed by atoms with Gasteiger partial charge in [0.2, 0.25) is 0 Å². The average molecular weight is 232 g/mol. The van der Waals surface area contributed by atoms with Gasteiger partial charge in [-0.3, -0.25) is 4.98 Å². The lowest BCUT2D eigenvalue weighted by Crippen LogP contribution is -2.38. The van der Waals surface area contributed by atoms with Crippen molar-refractivity contribution in [2.45, 2.75) is 46.1 Å². The first kappa shape index (κ1) is 12.6. The molecule has 1 heterocycles. The minimum Gasteiger partial charge on any atom is -0.314 e. The van der Waals surface area contributed by atoms with E-state index >= 15 is 0 Å². The molecule has 0 aliphatic heterocycles. The number of aryl methyl sites for hydroxylation is 1. The fraction of sp³-hybridized carbons (Fsp3) is 0.667. The van der Waals surface area contributed by atoms with Gasteiger partial charge in [0.1, 0.15) is 0 Å². The predicted octanol–water partition coefficient (Wildman–Crippen LogP) is 2.96. The van der Waals surface area contributed by atoms with E-state index in [1.807, 2.05) is 12.3 Å². The minimum atomic E-state index is 0.584. The number of hydrogen-bond acceptors (Lipinski definition) is 2. The molecule has 0 bridgehead atoms. The Hall–Kier alpha value is -0.890. The van der Waals surface area contributed by atoms with Crippen molar-refractivity contribution in [3.8, 4) is 0 Å². The lowest BCUT2D eigenvalue weighted by atomic mass is 9.92. The van der Waals surface area contributed by atoms with Gasteiger partial charge in [-0.2, -0.15) is 0 Å². The quantitative estimate of drug-likeness (QED) is 0.815. The maximum absolute atomic E-state index is 4.52. The Balaban J connectivity index is 2.04. The number of nitrogens with one attached hydrogen (secondary N) is 1. The summed E-state index contributed by atoms with van der Waals surface area (Å²) in [7, 11) is 0. The first-order valence-electron chi connectivity index (χ1n) is 6.86. The molecule has 1 aliphatic carbocycles. The zero-order valence-corrected chi connectivity index (χ0v) is 11.2. The molecule has 0 radical (unpaired) electrons. The summed E-state index contributed by atoms with van der Waals surface area (Å²) < 4.78 is 0. The molecule has 0 aromatic carbocycles. The van der Waals surface area contributed by atoms with E-state index in [-0.39, 0.29) is 0 Å². The molecule has 0 spiro atoms. The van der Waals surface area contributed by atoms with Gasteiger partial charge in [0, 0.05) is 24.4 Å². The van der Waals surface area contributed by atoms with Gasteiger partial charge in [0.05, 0.1) is 0 Å². The summed E-state index contributed by atoms with van der Waals surface area (Å²) >= 11 is 0. The zero-order valence-electron chi connectivity index (χ0n) is 11.2. The molecule has 2 rings (SSSR count). The second-order valence-electron chi connectivity index (χ2n) is 5.33. The smallest absolute Gasteiger partial charge is 0.0448 e. The minimum absolute atomic E-state index is 0.584. The third-order valence-electron chi connectivity index (χ3n) is 4.00. The molecule has 2 nitrogen and oxygen atoms in total. The molecule has 2 unspecified atom stereocenters. The van der Waals surface area contributed by atoms with Crippen LogP contribution in [-0.4, -0.2) is 17.6 Å². The van der Waals surface area contributed by atoms with Gasteiger partial charge < -0.3 is 5.32 Å². The van der Waals surface area contributed by atoms with Crippen LogP contribution in [0.25, 0.3) is 0 Å². The van der Waals surface area contributed by atoms with Crippen molar-refractivity contribution >= 4 is 0 Å². The van der Waals surface area contributed by atoms with E-state index in [2.05, 4.69) is 37.1 Å². The number of nitrogens with zero attached hydrogens (tertiary/aromatic N) is 1. The topological polar surface area (TPSA) is 24.9 Å². The van der Waals surface area contributed by atoms with E-state index in [9.17, 15) is 0 Å². The molecule has 2 atom stereocenters. The lowest BCUT2D eigenvalue weighted by Gasteiger charge is -2.25. The molecule has 1 fully saturated rings. The molecule has 1 aromatic heterocycles. The first-order chi connectivity index (χ1) is 8.22. The fourth-order valence-electron chi connectivity index (χ4n) is 2.60. The summed E-state index contributed by atoms with van der Waals surface area (Å²) in [6, 6.07) is 4.76. The van der Waals surface area contributed by atoms with E-state index < -0.39 is 0 Å². The highest BCUT2D eigenvalue weighted by molar-refractivity contribution is 5.19. The second kappa shape index (κ2) is 5.63. The second-order valence-corrected chi connectivity index (χ2v) is 5.33. The summed E-state index contributed by atoms with van der Waals surface area (Å²) in [6.07, 6.45) is 5.82. The van der Waals surface area contributed by atoms with Crippen LogP contribution in [0.15, 0.2) is 18.3 Å². The van der Waals surface area contributed by atoms with Crippen molar-refractivity contribution < 1.29 is 0 Å². The van der Waals surface area contributed by atoms with Gasteiger partial charge in [-0.15, -0.1) is 0 Å². The van der Waals surface area contributed by atoms with Crippen molar-refractivity contribution in [2.24, 2.45) is 11.8 Å². The summed E-state index contributed by atoms with van der Waals surface area (Å²) in [5, 5.41) is 3.64. The Morgan fingerprint density at radius 2 is 2.24 bits per heavy atom. The molecule has 1 aromatic rings. The number of likely N-dealkylation sites (N-methyl/N-ethyl adjacent to an activating group) is 1. The van der Waals surface area contributed by atoms with E-state index in [0.717, 1.165) is 24.8 Å². The standard InChI is InChI=1S/C15H24N2/c1-4-16-15(12(3)13-7-8-13)10-14-11(2)6-5-9-17-14/h5-6,9,12-13,15-16H,4,7-8,10H2,1-3H3. The van der Waals surface area contributed by atoms with Gasteiger partial charge in [-0.1, -0.05) is 19.9 Å². The predicted molar refractivity (Wildman–Crippen MR) is 72.0 cm³/mol.